The molecule has 1 amide bonds. The number of piperidine rings is 1. The molecular weight excluding hydrogens is 382 g/mol. The molecule has 6 nitrogen and oxygen atoms in total. The average molecular weight is 406 g/mol. The van der Waals surface area contributed by atoms with Crippen LogP contribution in [-0.2, 0) is 14.3 Å². The summed E-state index contributed by atoms with van der Waals surface area (Å²) in [5.74, 6) is -0.249. The fraction of sp³-hybridized carbons (Fsp3) is 0.571. The number of esters is 1. The van der Waals surface area contributed by atoms with Gasteiger partial charge in [0.15, 0.2) is 5.78 Å². The molecule has 150 valence electrons. The molecule has 1 aromatic carbocycles. The monoisotopic (exact) mass is 405 g/mol. The Bertz CT molecular complexity index is 870. The number of rotatable bonds is 1. The van der Waals surface area contributed by atoms with E-state index in [0.717, 1.165) is 5.56 Å². The largest absolute Gasteiger partial charge is 0.486 e. The topological polar surface area (TPSA) is 72.9 Å². The highest BCUT2D eigenvalue weighted by Crippen LogP contribution is 2.42. The van der Waals surface area contributed by atoms with Crippen LogP contribution in [0.5, 0.6) is 5.75 Å². The van der Waals surface area contributed by atoms with Gasteiger partial charge in [-0.2, -0.15) is 0 Å². The molecule has 3 aliphatic heterocycles. The second-order valence-corrected chi connectivity index (χ2v) is 9.05. The third kappa shape index (κ3) is 3.17. The van der Waals surface area contributed by atoms with Crippen LogP contribution in [0.25, 0.3) is 0 Å². The highest BCUT2D eigenvalue weighted by Gasteiger charge is 2.50. The van der Waals surface area contributed by atoms with Crippen molar-refractivity contribution in [3.8, 4) is 5.75 Å². The van der Waals surface area contributed by atoms with Gasteiger partial charge in [-0.3, -0.25) is 14.4 Å². The van der Waals surface area contributed by atoms with Crippen LogP contribution in [0.4, 0.5) is 0 Å². The zero-order valence-corrected chi connectivity index (χ0v) is 17.1. The summed E-state index contributed by atoms with van der Waals surface area (Å²) in [5.41, 5.74) is 0.0312. The first kappa shape index (κ1) is 19.2. The van der Waals surface area contributed by atoms with E-state index in [1.807, 2.05) is 13.0 Å². The van der Waals surface area contributed by atoms with Crippen LogP contribution in [0, 0.1) is 12.8 Å². The number of amides is 1. The molecule has 3 heterocycles. The maximum Gasteiger partial charge on any atom is 0.307 e. The number of ether oxygens (including phenoxy) is 2. The molecule has 0 N–H and O–H groups in total. The molecule has 1 atom stereocenters. The molecule has 1 unspecified atom stereocenters. The van der Waals surface area contributed by atoms with Gasteiger partial charge in [-0.05, 0) is 38.5 Å². The lowest BCUT2D eigenvalue weighted by molar-refractivity contribution is -0.149. The first-order valence-electron chi connectivity index (χ1n) is 9.63. The Morgan fingerprint density at radius 1 is 1.18 bits per heavy atom. The standard InChI is InChI=1S/C21H24ClNO5/c1-12-8-17-13(9-15(12)22)16(24)11-21(27-17)4-6-23(7-5-21)19(26)14-10-18(25)28-20(14,2)3/h8-9,14H,4-7,10-11H2,1-3H3. The summed E-state index contributed by atoms with van der Waals surface area (Å²) in [7, 11) is 0. The number of halogens is 1. The molecule has 2 fully saturated rings. The lowest BCUT2D eigenvalue weighted by Gasteiger charge is -2.44. The highest BCUT2D eigenvalue weighted by atomic mass is 35.5. The number of hydrogen-bond acceptors (Lipinski definition) is 5. The minimum Gasteiger partial charge on any atom is -0.486 e. The number of carbonyl (C=O) groups excluding carboxylic acids is 3. The third-order valence-electron chi connectivity index (χ3n) is 6.24. The maximum absolute atomic E-state index is 12.9. The fourth-order valence-electron chi connectivity index (χ4n) is 4.45. The van der Waals surface area contributed by atoms with Crippen molar-refractivity contribution in [1.82, 2.24) is 4.90 Å². The molecule has 7 heteroatoms. The van der Waals surface area contributed by atoms with Crippen LogP contribution in [0.2, 0.25) is 5.02 Å². The molecule has 28 heavy (non-hydrogen) atoms. The summed E-state index contributed by atoms with van der Waals surface area (Å²) >= 11 is 6.15. The van der Waals surface area contributed by atoms with E-state index in [1.165, 1.54) is 0 Å². The first-order valence-corrected chi connectivity index (χ1v) is 10.0. The number of benzene rings is 1. The van der Waals surface area contributed by atoms with Crippen molar-refractivity contribution in [1.29, 1.82) is 0 Å². The zero-order chi connectivity index (χ0) is 20.3. The van der Waals surface area contributed by atoms with E-state index in [-0.39, 0.29) is 30.5 Å². The molecule has 0 aromatic heterocycles. The highest BCUT2D eigenvalue weighted by molar-refractivity contribution is 6.31. The Balaban J connectivity index is 1.48. The van der Waals surface area contributed by atoms with Crippen molar-refractivity contribution in [2.24, 2.45) is 5.92 Å². The fourth-order valence-corrected chi connectivity index (χ4v) is 4.62. The van der Waals surface area contributed by atoms with E-state index >= 15 is 0 Å². The number of aryl methyl sites for hydroxylation is 1. The lowest BCUT2D eigenvalue weighted by atomic mass is 9.81. The minimum atomic E-state index is -0.781. The van der Waals surface area contributed by atoms with Crippen LogP contribution in [0.15, 0.2) is 12.1 Å². The summed E-state index contributed by atoms with van der Waals surface area (Å²) in [6, 6.07) is 3.50. The molecule has 4 rings (SSSR count). The summed E-state index contributed by atoms with van der Waals surface area (Å²) in [6.07, 6.45) is 1.56. The van der Waals surface area contributed by atoms with Gasteiger partial charge in [-0.1, -0.05) is 11.6 Å². The van der Waals surface area contributed by atoms with E-state index in [4.69, 9.17) is 21.1 Å². The smallest absolute Gasteiger partial charge is 0.307 e. The number of fused-ring (bicyclic) bond motifs is 1. The third-order valence-corrected chi connectivity index (χ3v) is 6.65. The number of hydrogen-bond donors (Lipinski definition) is 0. The first-order chi connectivity index (χ1) is 13.1. The Morgan fingerprint density at radius 3 is 2.46 bits per heavy atom. The minimum absolute atomic E-state index is 0.0267. The number of likely N-dealkylation sites (tertiary alicyclic amines) is 1. The summed E-state index contributed by atoms with van der Waals surface area (Å²) in [4.78, 5) is 39.1. The molecule has 3 aliphatic rings. The van der Waals surface area contributed by atoms with Crippen LogP contribution < -0.4 is 4.74 Å². The van der Waals surface area contributed by atoms with Crippen LogP contribution >= 0.6 is 11.6 Å². The SMILES string of the molecule is Cc1cc2c(cc1Cl)C(=O)CC1(CCN(C(=O)C3CC(=O)OC3(C)C)CC1)O2. The van der Waals surface area contributed by atoms with Gasteiger partial charge in [0, 0.05) is 31.0 Å². The van der Waals surface area contributed by atoms with Crippen molar-refractivity contribution in [2.45, 2.75) is 57.7 Å². The molecule has 0 bridgehead atoms. The van der Waals surface area contributed by atoms with Crippen LogP contribution in [0.3, 0.4) is 0 Å². The van der Waals surface area contributed by atoms with Gasteiger partial charge in [0.1, 0.15) is 17.0 Å². The molecule has 1 aromatic rings. The van der Waals surface area contributed by atoms with Gasteiger partial charge >= 0.3 is 5.97 Å². The van der Waals surface area contributed by atoms with Gasteiger partial charge in [0.2, 0.25) is 5.91 Å². The quantitative estimate of drug-likeness (QED) is 0.670. The Hall–Kier alpha value is -2.08. The predicted molar refractivity (Wildman–Crippen MR) is 103 cm³/mol. The van der Waals surface area contributed by atoms with Crippen molar-refractivity contribution in [3.63, 3.8) is 0 Å². The lowest BCUT2D eigenvalue weighted by Crippen LogP contribution is -2.54. The van der Waals surface area contributed by atoms with E-state index in [1.54, 1.807) is 24.8 Å². The number of nitrogens with zero attached hydrogens (tertiary/aromatic N) is 1. The van der Waals surface area contributed by atoms with Crippen molar-refractivity contribution in [2.75, 3.05) is 13.1 Å². The Morgan fingerprint density at radius 2 is 1.86 bits per heavy atom. The van der Waals surface area contributed by atoms with E-state index in [2.05, 4.69) is 0 Å². The number of carbonyl (C=O) groups is 3. The van der Waals surface area contributed by atoms with Gasteiger partial charge in [-0.15, -0.1) is 0 Å². The molecule has 1 spiro atoms. The Labute approximate surface area is 169 Å². The predicted octanol–water partition coefficient (Wildman–Crippen LogP) is 3.32. The average Bonchev–Trinajstić information content (AvgIpc) is 2.89. The van der Waals surface area contributed by atoms with Crippen molar-refractivity contribution in [3.05, 3.63) is 28.3 Å². The number of ketones is 1. The number of Topliss-reactive ketones (excluding diaryl/α,β-unsaturated/α-hetero) is 1. The number of cyclic esters (lactones) is 1. The zero-order valence-electron chi connectivity index (χ0n) is 16.3. The molecule has 0 radical (unpaired) electrons. The van der Waals surface area contributed by atoms with Gasteiger partial charge < -0.3 is 14.4 Å². The van der Waals surface area contributed by atoms with E-state index in [9.17, 15) is 14.4 Å². The Kier molecular flexibility index (Phi) is 4.45. The van der Waals surface area contributed by atoms with E-state index < -0.39 is 17.1 Å². The molecule has 0 aliphatic carbocycles. The van der Waals surface area contributed by atoms with E-state index in [0.29, 0.717) is 42.3 Å². The van der Waals surface area contributed by atoms with Crippen molar-refractivity contribution >= 4 is 29.3 Å². The molecule has 2 saturated heterocycles. The van der Waals surface area contributed by atoms with Gasteiger partial charge in [0.25, 0.3) is 0 Å². The van der Waals surface area contributed by atoms with Crippen molar-refractivity contribution < 1.29 is 23.9 Å². The van der Waals surface area contributed by atoms with Gasteiger partial charge in [0.05, 0.1) is 24.3 Å². The summed E-state index contributed by atoms with van der Waals surface area (Å²) < 4.78 is 11.6. The van der Waals surface area contributed by atoms with Crippen LogP contribution in [0.1, 0.15) is 55.5 Å². The molecular formula is C21H24ClNO5. The second kappa shape index (κ2) is 6.48. The normalized spacial score (nSPS) is 25.3. The molecule has 0 saturated carbocycles. The van der Waals surface area contributed by atoms with Crippen LogP contribution in [-0.4, -0.2) is 46.9 Å². The maximum atomic E-state index is 12.9. The second-order valence-electron chi connectivity index (χ2n) is 8.64. The van der Waals surface area contributed by atoms with Gasteiger partial charge in [-0.25, -0.2) is 0 Å². The summed E-state index contributed by atoms with van der Waals surface area (Å²) in [5, 5.41) is 0.558. The summed E-state index contributed by atoms with van der Waals surface area (Å²) in [6.45, 7) is 6.42.